The lowest BCUT2D eigenvalue weighted by molar-refractivity contribution is 0.0793. The average molecular weight is 262 g/mol. The fourth-order valence-electron chi connectivity index (χ4n) is 1.53. The van der Waals surface area contributed by atoms with Gasteiger partial charge in [0.05, 0.1) is 0 Å². The molecule has 0 bridgehead atoms. The molecule has 0 saturated carbocycles. The van der Waals surface area contributed by atoms with E-state index in [1.54, 1.807) is 48.5 Å². The highest BCUT2D eigenvalue weighted by Gasteiger charge is 2.16. The van der Waals surface area contributed by atoms with E-state index in [0.717, 1.165) is 0 Å². The van der Waals surface area contributed by atoms with Crippen LogP contribution in [-0.4, -0.2) is 17.1 Å². The van der Waals surface area contributed by atoms with Crippen molar-refractivity contribution in [2.45, 2.75) is 6.23 Å². The third-order valence-corrected chi connectivity index (χ3v) is 2.71. The number of Topliss-reactive ketones (excluding diaryl/α,β-unsaturated/α-hetero) is 1. The van der Waals surface area contributed by atoms with Crippen molar-refractivity contribution in [1.29, 1.82) is 0 Å². The monoisotopic (exact) mass is 261 g/mol. The van der Waals surface area contributed by atoms with E-state index in [4.69, 9.17) is 11.6 Å². The van der Waals surface area contributed by atoms with Crippen LogP contribution in [0.3, 0.4) is 0 Å². The number of hydrogen-bond acceptors (Lipinski definition) is 3. The second-order valence-electron chi connectivity index (χ2n) is 3.78. The Morgan fingerprint density at radius 1 is 1.06 bits per heavy atom. The fourth-order valence-corrected chi connectivity index (χ4v) is 1.66. The van der Waals surface area contributed by atoms with Crippen LogP contribution in [0, 0.1) is 0 Å². The van der Waals surface area contributed by atoms with Crippen LogP contribution in [0.4, 0.5) is 5.69 Å². The summed E-state index contributed by atoms with van der Waals surface area (Å²) >= 11 is 5.75. The first-order valence-electron chi connectivity index (χ1n) is 5.46. The molecule has 3 nitrogen and oxygen atoms in total. The summed E-state index contributed by atoms with van der Waals surface area (Å²) in [4.78, 5) is 11.9. The van der Waals surface area contributed by atoms with Gasteiger partial charge in [-0.05, 0) is 24.3 Å². The summed E-state index contributed by atoms with van der Waals surface area (Å²) in [5.41, 5.74) is 1.10. The minimum absolute atomic E-state index is 0.370. The van der Waals surface area contributed by atoms with Crippen LogP contribution >= 0.6 is 11.6 Å². The molecule has 92 valence electrons. The highest BCUT2D eigenvalue weighted by Crippen LogP contribution is 2.15. The van der Waals surface area contributed by atoms with Gasteiger partial charge in [-0.2, -0.15) is 0 Å². The molecule has 0 saturated heterocycles. The van der Waals surface area contributed by atoms with E-state index in [2.05, 4.69) is 5.32 Å². The maximum atomic E-state index is 11.9. The van der Waals surface area contributed by atoms with E-state index in [-0.39, 0.29) is 5.78 Å². The van der Waals surface area contributed by atoms with Crippen LogP contribution in [0.2, 0.25) is 5.02 Å². The van der Waals surface area contributed by atoms with Gasteiger partial charge >= 0.3 is 0 Å². The number of carbonyl (C=O) groups excluding carboxylic acids is 1. The summed E-state index contributed by atoms with van der Waals surface area (Å²) in [6, 6.07) is 15.4. The Morgan fingerprint density at radius 3 is 2.28 bits per heavy atom. The number of halogens is 1. The van der Waals surface area contributed by atoms with Crippen LogP contribution in [0.25, 0.3) is 0 Å². The molecule has 0 aliphatic rings. The summed E-state index contributed by atoms with van der Waals surface area (Å²) < 4.78 is 0. The van der Waals surface area contributed by atoms with E-state index in [0.29, 0.717) is 16.3 Å². The number of nitrogens with one attached hydrogen (secondary N) is 1. The molecule has 1 unspecified atom stereocenters. The quantitative estimate of drug-likeness (QED) is 0.657. The molecular formula is C14H12ClNO2. The second kappa shape index (κ2) is 5.67. The summed E-state index contributed by atoms with van der Waals surface area (Å²) in [7, 11) is 0. The van der Waals surface area contributed by atoms with Crippen LogP contribution in [0.15, 0.2) is 54.6 Å². The maximum absolute atomic E-state index is 11.9. The lowest BCUT2D eigenvalue weighted by Gasteiger charge is -2.13. The molecule has 0 aromatic heterocycles. The van der Waals surface area contributed by atoms with Crippen LogP contribution in [-0.2, 0) is 0 Å². The van der Waals surface area contributed by atoms with E-state index in [1.165, 1.54) is 0 Å². The number of aliphatic hydroxyl groups is 1. The molecule has 2 aromatic rings. The molecule has 0 spiro atoms. The van der Waals surface area contributed by atoms with Crippen molar-refractivity contribution >= 4 is 23.1 Å². The Labute approximate surface area is 110 Å². The van der Waals surface area contributed by atoms with E-state index in [9.17, 15) is 9.90 Å². The summed E-state index contributed by atoms with van der Waals surface area (Å²) in [6.45, 7) is 0. The number of benzene rings is 2. The van der Waals surface area contributed by atoms with Gasteiger partial charge < -0.3 is 10.4 Å². The van der Waals surface area contributed by atoms with Gasteiger partial charge in [0, 0.05) is 16.3 Å². The third-order valence-electron chi connectivity index (χ3n) is 2.45. The van der Waals surface area contributed by atoms with Gasteiger partial charge in [0.15, 0.2) is 6.23 Å². The molecule has 1 atom stereocenters. The van der Waals surface area contributed by atoms with Crippen molar-refractivity contribution in [2.24, 2.45) is 0 Å². The Bertz CT molecular complexity index is 525. The number of carbonyl (C=O) groups is 1. The van der Waals surface area contributed by atoms with Gasteiger partial charge in [-0.15, -0.1) is 0 Å². The fraction of sp³-hybridized carbons (Fsp3) is 0.0714. The van der Waals surface area contributed by atoms with Gasteiger partial charge in [0.25, 0.3) is 0 Å². The topological polar surface area (TPSA) is 49.3 Å². The van der Waals surface area contributed by atoms with Crippen molar-refractivity contribution < 1.29 is 9.90 Å². The minimum atomic E-state index is -1.27. The normalized spacial score (nSPS) is 11.9. The second-order valence-corrected chi connectivity index (χ2v) is 4.22. The number of hydrogen-bond donors (Lipinski definition) is 2. The molecule has 0 aliphatic carbocycles. The zero-order valence-electron chi connectivity index (χ0n) is 9.51. The predicted molar refractivity (Wildman–Crippen MR) is 71.9 cm³/mol. The van der Waals surface area contributed by atoms with Gasteiger partial charge in [0.1, 0.15) is 0 Å². The number of ketones is 1. The van der Waals surface area contributed by atoms with Gasteiger partial charge in [-0.25, -0.2) is 0 Å². The predicted octanol–water partition coefficient (Wildman–Crippen LogP) is 2.95. The Morgan fingerprint density at radius 2 is 1.67 bits per heavy atom. The first-order valence-corrected chi connectivity index (χ1v) is 5.84. The molecule has 0 aliphatic heterocycles. The van der Waals surface area contributed by atoms with E-state index in [1.807, 2.05) is 6.07 Å². The van der Waals surface area contributed by atoms with Crippen molar-refractivity contribution in [3.63, 3.8) is 0 Å². The number of aliphatic hydroxyl groups excluding tert-OH is 1. The minimum Gasteiger partial charge on any atom is -0.367 e. The van der Waals surface area contributed by atoms with Crippen molar-refractivity contribution in [2.75, 3.05) is 5.32 Å². The van der Waals surface area contributed by atoms with Crippen LogP contribution in [0.5, 0.6) is 0 Å². The number of anilines is 1. The highest BCUT2D eigenvalue weighted by molar-refractivity contribution is 6.30. The largest absolute Gasteiger partial charge is 0.367 e. The third kappa shape index (κ3) is 3.09. The Kier molecular flexibility index (Phi) is 3.97. The van der Waals surface area contributed by atoms with Crippen LogP contribution < -0.4 is 5.32 Å². The summed E-state index contributed by atoms with van der Waals surface area (Å²) in [6.07, 6.45) is -1.27. The average Bonchev–Trinajstić information content (AvgIpc) is 2.41. The zero-order chi connectivity index (χ0) is 13.0. The van der Waals surface area contributed by atoms with Crippen molar-refractivity contribution in [3.8, 4) is 0 Å². The van der Waals surface area contributed by atoms with E-state index < -0.39 is 6.23 Å². The Balaban J connectivity index is 2.06. The first kappa shape index (κ1) is 12.6. The smallest absolute Gasteiger partial charge is 0.211 e. The molecule has 2 aromatic carbocycles. The Hall–Kier alpha value is -1.84. The molecule has 2 N–H and O–H groups in total. The summed E-state index contributed by atoms with van der Waals surface area (Å²) in [5, 5.41) is 13.1. The molecule has 18 heavy (non-hydrogen) atoms. The van der Waals surface area contributed by atoms with Crippen molar-refractivity contribution in [1.82, 2.24) is 0 Å². The molecule has 0 fully saturated rings. The van der Waals surface area contributed by atoms with Gasteiger partial charge in [-0.1, -0.05) is 41.9 Å². The van der Waals surface area contributed by atoms with Gasteiger partial charge in [0.2, 0.25) is 5.78 Å². The van der Waals surface area contributed by atoms with Crippen LogP contribution in [0.1, 0.15) is 10.4 Å². The molecule has 0 radical (unpaired) electrons. The highest BCUT2D eigenvalue weighted by atomic mass is 35.5. The first-order chi connectivity index (χ1) is 8.66. The zero-order valence-corrected chi connectivity index (χ0v) is 10.3. The lowest BCUT2D eigenvalue weighted by atomic mass is 10.1. The van der Waals surface area contributed by atoms with E-state index >= 15 is 0 Å². The maximum Gasteiger partial charge on any atom is 0.211 e. The number of rotatable bonds is 4. The SMILES string of the molecule is O=C(c1ccccc1)C(O)Nc1ccc(Cl)cc1. The molecule has 0 heterocycles. The van der Waals surface area contributed by atoms with Crippen molar-refractivity contribution in [3.05, 3.63) is 65.2 Å². The standard InChI is InChI=1S/C14H12ClNO2/c15-11-6-8-12(9-7-11)16-14(18)13(17)10-4-2-1-3-5-10/h1-9,14,16,18H. The molecule has 4 heteroatoms. The lowest BCUT2D eigenvalue weighted by Crippen LogP contribution is -2.28. The molecular weight excluding hydrogens is 250 g/mol. The van der Waals surface area contributed by atoms with Gasteiger partial charge in [-0.3, -0.25) is 4.79 Å². The summed E-state index contributed by atoms with van der Waals surface area (Å²) in [5.74, 6) is -0.370. The molecule has 0 amide bonds. The molecule has 2 rings (SSSR count).